The molecule has 3 aliphatic rings. The number of carbonyl (C=O) groups excluding carboxylic acids is 1. The second-order valence-corrected chi connectivity index (χ2v) is 6.17. The van der Waals surface area contributed by atoms with E-state index in [9.17, 15) is 4.79 Å². The highest BCUT2D eigenvalue weighted by molar-refractivity contribution is 6.11. The van der Waals surface area contributed by atoms with Crippen molar-refractivity contribution >= 4 is 11.6 Å². The largest absolute Gasteiger partial charge is 0.364 e. The van der Waals surface area contributed by atoms with Crippen LogP contribution < -0.4 is 11.1 Å². The van der Waals surface area contributed by atoms with Crippen LogP contribution >= 0.6 is 0 Å². The topological polar surface area (TPSA) is 67.5 Å². The Morgan fingerprint density at radius 1 is 1.43 bits per heavy atom. The number of nitrogens with two attached hydrogens (primary N) is 1. The van der Waals surface area contributed by atoms with Gasteiger partial charge >= 0.3 is 0 Å². The Morgan fingerprint density at radius 3 is 2.81 bits per heavy atom. The number of hydrogen-bond donors (Lipinski definition) is 2. The molecule has 1 aliphatic heterocycles. The number of allylic oxidation sites excluding steroid dienone is 4. The second-order valence-electron chi connectivity index (χ2n) is 6.17. The smallest absolute Gasteiger partial charge is 0.266 e. The number of fused-ring (bicyclic) bond motifs is 1. The molecular weight excluding hydrogens is 269 g/mol. The Hall–Kier alpha value is -1.91. The van der Waals surface area contributed by atoms with E-state index >= 15 is 4.39 Å². The lowest BCUT2D eigenvalue weighted by atomic mass is 9.71. The van der Waals surface area contributed by atoms with E-state index in [2.05, 4.69) is 17.2 Å². The van der Waals surface area contributed by atoms with Gasteiger partial charge in [0, 0.05) is 5.92 Å². The van der Waals surface area contributed by atoms with Gasteiger partial charge < -0.3 is 11.1 Å². The first-order valence-corrected chi connectivity index (χ1v) is 7.45. The number of alkyl halides is 1. The number of primary amides is 1. The molecule has 0 aromatic rings. The predicted molar refractivity (Wildman–Crippen MR) is 80.0 cm³/mol. The SMILES string of the molecule is CC1CCC(C2(F)C=CC=C3NC(C(N)=O)=CN=C32)CC1. The lowest BCUT2D eigenvalue weighted by Crippen LogP contribution is -2.47. The van der Waals surface area contributed by atoms with Crippen LogP contribution in [0.3, 0.4) is 0 Å². The molecule has 1 amide bonds. The molecule has 1 saturated carbocycles. The fourth-order valence-electron chi connectivity index (χ4n) is 3.36. The molecule has 3 N–H and O–H groups in total. The Balaban J connectivity index is 1.91. The Kier molecular flexibility index (Phi) is 3.43. The summed E-state index contributed by atoms with van der Waals surface area (Å²) in [5.41, 5.74) is 4.78. The molecule has 0 aromatic carbocycles. The maximum absolute atomic E-state index is 15.6. The Morgan fingerprint density at radius 2 is 2.14 bits per heavy atom. The number of halogens is 1. The van der Waals surface area contributed by atoms with Crippen molar-refractivity contribution in [3.63, 3.8) is 0 Å². The maximum atomic E-state index is 15.6. The summed E-state index contributed by atoms with van der Waals surface area (Å²) in [5.74, 6) is 0.0159. The van der Waals surface area contributed by atoms with Crippen LogP contribution in [-0.2, 0) is 4.79 Å². The predicted octanol–water partition coefficient (Wildman–Crippen LogP) is 2.35. The lowest BCUT2D eigenvalue weighted by Gasteiger charge is -2.39. The lowest BCUT2D eigenvalue weighted by molar-refractivity contribution is -0.114. The summed E-state index contributed by atoms with van der Waals surface area (Å²) < 4.78 is 15.6. The van der Waals surface area contributed by atoms with Gasteiger partial charge in [-0.05, 0) is 30.9 Å². The highest BCUT2D eigenvalue weighted by atomic mass is 19.1. The van der Waals surface area contributed by atoms with Crippen molar-refractivity contribution in [2.45, 2.75) is 38.3 Å². The fourth-order valence-corrected chi connectivity index (χ4v) is 3.36. The van der Waals surface area contributed by atoms with Crippen molar-refractivity contribution in [3.05, 3.63) is 35.8 Å². The molecule has 4 nitrogen and oxygen atoms in total. The summed E-state index contributed by atoms with van der Waals surface area (Å²) in [7, 11) is 0. The van der Waals surface area contributed by atoms with Gasteiger partial charge in [0.05, 0.1) is 11.9 Å². The van der Waals surface area contributed by atoms with Gasteiger partial charge in [0.2, 0.25) is 0 Å². The van der Waals surface area contributed by atoms with E-state index in [0.717, 1.165) is 25.7 Å². The minimum Gasteiger partial charge on any atom is -0.364 e. The number of nitrogens with zero attached hydrogens (tertiary/aromatic N) is 1. The van der Waals surface area contributed by atoms with Crippen molar-refractivity contribution in [2.24, 2.45) is 22.6 Å². The summed E-state index contributed by atoms with van der Waals surface area (Å²) in [5, 5.41) is 2.88. The third-order valence-electron chi connectivity index (χ3n) is 4.69. The van der Waals surface area contributed by atoms with E-state index in [1.165, 1.54) is 6.20 Å². The van der Waals surface area contributed by atoms with Gasteiger partial charge in [-0.2, -0.15) is 0 Å². The zero-order valence-electron chi connectivity index (χ0n) is 12.1. The third kappa shape index (κ3) is 2.41. The summed E-state index contributed by atoms with van der Waals surface area (Å²) in [6, 6.07) is 0. The van der Waals surface area contributed by atoms with Crippen LogP contribution in [0, 0.1) is 11.8 Å². The van der Waals surface area contributed by atoms with Gasteiger partial charge in [-0.25, -0.2) is 4.39 Å². The highest BCUT2D eigenvalue weighted by Crippen LogP contribution is 2.42. The normalized spacial score (nSPS) is 35.0. The molecule has 112 valence electrons. The third-order valence-corrected chi connectivity index (χ3v) is 4.69. The van der Waals surface area contributed by atoms with E-state index in [1.807, 2.05) is 0 Å². The van der Waals surface area contributed by atoms with Crippen LogP contribution in [0.2, 0.25) is 0 Å². The summed E-state index contributed by atoms with van der Waals surface area (Å²) in [6.07, 6.45) is 10.2. The van der Waals surface area contributed by atoms with Crippen LogP contribution in [0.1, 0.15) is 32.6 Å². The quantitative estimate of drug-likeness (QED) is 0.819. The first-order valence-electron chi connectivity index (χ1n) is 7.45. The highest BCUT2D eigenvalue weighted by Gasteiger charge is 2.46. The molecule has 3 rings (SSSR count). The second kappa shape index (κ2) is 5.13. The standard InChI is InChI=1S/C16H20FN3O/c1-10-4-6-11(7-5-10)16(17)8-2-3-12-14(16)19-9-13(20-12)15(18)21/h2-3,8-11,20H,4-7H2,1H3,(H2,18,21). The molecule has 1 atom stereocenters. The minimum atomic E-state index is -1.56. The summed E-state index contributed by atoms with van der Waals surface area (Å²) >= 11 is 0. The number of rotatable bonds is 2. The van der Waals surface area contributed by atoms with Crippen LogP contribution in [0.5, 0.6) is 0 Å². The molecule has 5 heteroatoms. The van der Waals surface area contributed by atoms with Crippen molar-refractivity contribution in [2.75, 3.05) is 0 Å². The zero-order chi connectivity index (χ0) is 15.0. The van der Waals surface area contributed by atoms with Crippen molar-refractivity contribution < 1.29 is 9.18 Å². The molecule has 0 bridgehead atoms. The van der Waals surface area contributed by atoms with Crippen LogP contribution in [0.15, 0.2) is 40.8 Å². The van der Waals surface area contributed by atoms with Gasteiger partial charge in [0.15, 0.2) is 5.67 Å². The molecule has 2 aliphatic carbocycles. The van der Waals surface area contributed by atoms with Crippen molar-refractivity contribution in [1.29, 1.82) is 0 Å². The zero-order valence-corrected chi connectivity index (χ0v) is 12.1. The van der Waals surface area contributed by atoms with Gasteiger partial charge in [0.25, 0.3) is 5.91 Å². The van der Waals surface area contributed by atoms with Gasteiger partial charge in [0.1, 0.15) is 11.4 Å². The molecule has 0 saturated heterocycles. The fraction of sp³-hybridized carbons (Fsp3) is 0.500. The van der Waals surface area contributed by atoms with Gasteiger partial charge in [-0.1, -0.05) is 25.8 Å². The van der Waals surface area contributed by atoms with E-state index in [0.29, 0.717) is 17.3 Å². The number of aliphatic imine (C=N–C) groups is 1. The van der Waals surface area contributed by atoms with Gasteiger partial charge in [-0.3, -0.25) is 9.79 Å². The summed E-state index contributed by atoms with van der Waals surface area (Å²) in [6.45, 7) is 2.21. The Labute approximate surface area is 123 Å². The summed E-state index contributed by atoms with van der Waals surface area (Å²) in [4.78, 5) is 15.4. The van der Waals surface area contributed by atoms with Crippen LogP contribution in [0.25, 0.3) is 0 Å². The number of hydrogen-bond acceptors (Lipinski definition) is 3. The van der Waals surface area contributed by atoms with Gasteiger partial charge in [-0.15, -0.1) is 0 Å². The minimum absolute atomic E-state index is 0.0577. The molecule has 21 heavy (non-hydrogen) atoms. The van der Waals surface area contributed by atoms with E-state index in [-0.39, 0.29) is 11.6 Å². The number of nitrogens with one attached hydrogen (secondary N) is 1. The Bertz CT molecular complexity index is 582. The number of amides is 1. The average Bonchev–Trinajstić information content (AvgIpc) is 2.47. The van der Waals surface area contributed by atoms with E-state index in [1.54, 1.807) is 18.2 Å². The molecule has 1 heterocycles. The molecule has 1 unspecified atom stereocenters. The van der Waals surface area contributed by atoms with Crippen LogP contribution in [-0.4, -0.2) is 17.3 Å². The molecular formula is C16H20FN3O. The molecule has 0 aromatic heterocycles. The van der Waals surface area contributed by atoms with E-state index in [4.69, 9.17) is 5.73 Å². The average molecular weight is 289 g/mol. The first-order chi connectivity index (χ1) is 10.0. The maximum Gasteiger partial charge on any atom is 0.266 e. The molecule has 1 fully saturated rings. The number of carbonyl (C=O) groups is 1. The van der Waals surface area contributed by atoms with E-state index < -0.39 is 11.6 Å². The molecule has 0 spiro atoms. The van der Waals surface area contributed by atoms with Crippen molar-refractivity contribution in [1.82, 2.24) is 5.32 Å². The molecule has 0 radical (unpaired) electrons. The monoisotopic (exact) mass is 289 g/mol. The van der Waals surface area contributed by atoms with Crippen molar-refractivity contribution in [3.8, 4) is 0 Å². The van der Waals surface area contributed by atoms with Crippen LogP contribution in [0.4, 0.5) is 4.39 Å². The first kappa shape index (κ1) is 14.0.